The zero-order valence-electron chi connectivity index (χ0n) is 12.4. The zero-order chi connectivity index (χ0) is 16.7. The molecule has 2 rings (SSSR count). The molecule has 0 spiro atoms. The first-order chi connectivity index (χ1) is 11.1. The molecular formula is C16H15N3O4. The van der Waals surface area contributed by atoms with Crippen LogP contribution in [-0.2, 0) is 11.2 Å². The molecule has 0 bridgehead atoms. The van der Waals surface area contributed by atoms with E-state index in [2.05, 4.69) is 10.5 Å². The number of carbonyl (C=O) groups is 1. The number of nitro benzene ring substituents is 1. The quantitative estimate of drug-likeness (QED) is 0.503. The SMILES string of the molecule is COc1ccc(/C=N\NC(=O)Cc2ccccc2)cc1[N+](=O)[O-]. The van der Waals surface area contributed by atoms with Crippen molar-refractivity contribution >= 4 is 17.8 Å². The lowest BCUT2D eigenvalue weighted by Crippen LogP contribution is -2.19. The van der Waals surface area contributed by atoms with Gasteiger partial charge >= 0.3 is 5.69 Å². The van der Waals surface area contributed by atoms with Crippen LogP contribution >= 0.6 is 0 Å². The molecule has 118 valence electrons. The minimum Gasteiger partial charge on any atom is -0.490 e. The van der Waals surface area contributed by atoms with Gasteiger partial charge in [-0.1, -0.05) is 30.3 Å². The molecule has 7 heteroatoms. The number of carbonyl (C=O) groups excluding carboxylic acids is 1. The summed E-state index contributed by atoms with van der Waals surface area (Å²) < 4.78 is 4.91. The normalized spacial score (nSPS) is 10.5. The van der Waals surface area contributed by atoms with E-state index < -0.39 is 4.92 Å². The number of benzene rings is 2. The van der Waals surface area contributed by atoms with Gasteiger partial charge in [-0.3, -0.25) is 14.9 Å². The van der Waals surface area contributed by atoms with Crippen LogP contribution in [-0.4, -0.2) is 24.2 Å². The lowest BCUT2D eigenvalue weighted by atomic mass is 10.1. The first-order valence-electron chi connectivity index (χ1n) is 6.78. The van der Waals surface area contributed by atoms with E-state index in [-0.39, 0.29) is 23.8 Å². The zero-order valence-corrected chi connectivity index (χ0v) is 12.4. The highest BCUT2D eigenvalue weighted by atomic mass is 16.6. The molecule has 0 saturated carbocycles. The number of amides is 1. The van der Waals surface area contributed by atoms with Crippen molar-refractivity contribution in [3.8, 4) is 5.75 Å². The van der Waals surface area contributed by atoms with E-state index in [0.29, 0.717) is 5.56 Å². The summed E-state index contributed by atoms with van der Waals surface area (Å²) in [4.78, 5) is 22.1. The van der Waals surface area contributed by atoms with Gasteiger partial charge < -0.3 is 4.74 Å². The Morgan fingerprint density at radius 1 is 1.30 bits per heavy atom. The number of rotatable bonds is 6. The maximum Gasteiger partial charge on any atom is 0.311 e. The van der Waals surface area contributed by atoms with Crippen molar-refractivity contribution < 1.29 is 14.5 Å². The molecule has 0 aromatic heterocycles. The largest absolute Gasteiger partial charge is 0.490 e. The van der Waals surface area contributed by atoms with Crippen molar-refractivity contribution in [1.82, 2.24) is 5.43 Å². The van der Waals surface area contributed by atoms with Gasteiger partial charge in [0.15, 0.2) is 5.75 Å². The van der Waals surface area contributed by atoms with Gasteiger partial charge in [-0.05, 0) is 17.7 Å². The van der Waals surface area contributed by atoms with Crippen LogP contribution in [0.4, 0.5) is 5.69 Å². The number of hydrazone groups is 1. The highest BCUT2D eigenvalue weighted by Gasteiger charge is 2.14. The van der Waals surface area contributed by atoms with Crippen molar-refractivity contribution in [3.05, 3.63) is 69.8 Å². The number of nitrogens with one attached hydrogen (secondary N) is 1. The van der Waals surface area contributed by atoms with Crippen molar-refractivity contribution in [2.75, 3.05) is 7.11 Å². The molecule has 2 aromatic rings. The van der Waals surface area contributed by atoms with Crippen LogP contribution in [0, 0.1) is 10.1 Å². The van der Waals surface area contributed by atoms with Gasteiger partial charge in [0.05, 0.1) is 24.7 Å². The smallest absolute Gasteiger partial charge is 0.311 e. The summed E-state index contributed by atoms with van der Waals surface area (Å²) in [6.45, 7) is 0. The average molecular weight is 313 g/mol. The van der Waals surface area contributed by atoms with Crippen LogP contribution in [0.1, 0.15) is 11.1 Å². The fourth-order valence-electron chi connectivity index (χ4n) is 1.93. The second-order valence-electron chi connectivity index (χ2n) is 4.64. The molecule has 7 nitrogen and oxygen atoms in total. The second kappa shape index (κ2) is 7.69. The standard InChI is InChI=1S/C16H15N3O4/c1-23-15-8-7-13(9-14(15)19(21)22)11-17-18-16(20)10-12-5-3-2-4-6-12/h2-9,11H,10H2,1H3,(H,18,20)/b17-11-. The van der Waals surface area contributed by atoms with Crippen LogP contribution in [0.3, 0.4) is 0 Å². The molecule has 0 atom stereocenters. The molecule has 0 heterocycles. The molecule has 0 aliphatic heterocycles. The van der Waals surface area contributed by atoms with E-state index >= 15 is 0 Å². The Morgan fingerprint density at radius 2 is 2.04 bits per heavy atom. The highest BCUT2D eigenvalue weighted by Crippen LogP contribution is 2.26. The van der Waals surface area contributed by atoms with Gasteiger partial charge in [-0.25, -0.2) is 5.43 Å². The van der Waals surface area contributed by atoms with Crippen LogP contribution in [0.2, 0.25) is 0 Å². The van der Waals surface area contributed by atoms with Crippen molar-refractivity contribution in [3.63, 3.8) is 0 Å². The first kappa shape index (κ1) is 16.2. The van der Waals surface area contributed by atoms with Crippen molar-refractivity contribution in [2.24, 2.45) is 5.10 Å². The summed E-state index contributed by atoms with van der Waals surface area (Å²) in [6.07, 6.45) is 1.55. The Bertz CT molecular complexity index is 729. The van der Waals surface area contributed by atoms with E-state index in [4.69, 9.17) is 4.74 Å². The van der Waals surface area contributed by atoms with Gasteiger partial charge in [0.25, 0.3) is 0 Å². The first-order valence-corrected chi connectivity index (χ1v) is 6.78. The van der Waals surface area contributed by atoms with Crippen molar-refractivity contribution in [1.29, 1.82) is 0 Å². The van der Waals surface area contributed by atoms with Crippen LogP contribution in [0.5, 0.6) is 5.75 Å². The maximum absolute atomic E-state index is 11.7. The van der Waals surface area contributed by atoms with E-state index in [1.165, 1.54) is 25.5 Å². The third-order valence-electron chi connectivity index (χ3n) is 3.01. The molecule has 0 radical (unpaired) electrons. The van der Waals surface area contributed by atoms with Crippen LogP contribution < -0.4 is 10.2 Å². The molecule has 0 aliphatic rings. The summed E-state index contributed by atoms with van der Waals surface area (Å²) in [5.41, 5.74) is 3.59. The summed E-state index contributed by atoms with van der Waals surface area (Å²) in [5, 5.41) is 14.7. The van der Waals surface area contributed by atoms with Gasteiger partial charge in [-0.15, -0.1) is 0 Å². The van der Waals surface area contributed by atoms with Gasteiger partial charge in [0.1, 0.15) is 0 Å². The highest BCUT2D eigenvalue weighted by molar-refractivity contribution is 5.84. The molecule has 0 aliphatic carbocycles. The van der Waals surface area contributed by atoms with Gasteiger partial charge in [0, 0.05) is 11.6 Å². The summed E-state index contributed by atoms with van der Waals surface area (Å²) in [5.74, 6) is -0.101. The Kier molecular flexibility index (Phi) is 5.40. The Morgan fingerprint density at radius 3 is 2.70 bits per heavy atom. The van der Waals surface area contributed by atoms with E-state index in [1.54, 1.807) is 6.07 Å². The lowest BCUT2D eigenvalue weighted by molar-refractivity contribution is -0.385. The second-order valence-corrected chi connectivity index (χ2v) is 4.64. The van der Waals surface area contributed by atoms with E-state index in [0.717, 1.165) is 5.56 Å². The average Bonchev–Trinajstić information content (AvgIpc) is 2.55. The molecule has 0 fully saturated rings. The number of ether oxygens (including phenoxy) is 1. The summed E-state index contributed by atoms with van der Waals surface area (Å²) in [7, 11) is 1.36. The Labute approximate surface area is 132 Å². The third kappa shape index (κ3) is 4.63. The number of nitro groups is 1. The molecule has 0 unspecified atom stereocenters. The number of hydrogen-bond acceptors (Lipinski definition) is 5. The molecule has 1 amide bonds. The summed E-state index contributed by atoms with van der Waals surface area (Å²) >= 11 is 0. The summed E-state index contributed by atoms with van der Waals surface area (Å²) in [6, 6.07) is 13.7. The van der Waals surface area contributed by atoms with E-state index in [9.17, 15) is 14.9 Å². The number of hydrogen-bond donors (Lipinski definition) is 1. The number of nitrogens with zero attached hydrogens (tertiary/aromatic N) is 2. The van der Waals surface area contributed by atoms with Crippen LogP contribution in [0.25, 0.3) is 0 Å². The predicted octanol–water partition coefficient (Wildman–Crippen LogP) is 2.30. The fraction of sp³-hybridized carbons (Fsp3) is 0.125. The molecule has 2 aromatic carbocycles. The minimum absolute atomic E-state index is 0.160. The lowest BCUT2D eigenvalue weighted by Gasteiger charge is -2.02. The van der Waals surface area contributed by atoms with Crippen LogP contribution in [0.15, 0.2) is 53.6 Å². The Balaban J connectivity index is 1.99. The molecule has 0 saturated heterocycles. The van der Waals surface area contributed by atoms with E-state index in [1.807, 2.05) is 30.3 Å². The minimum atomic E-state index is -0.538. The molecule has 1 N–H and O–H groups in total. The van der Waals surface area contributed by atoms with Gasteiger partial charge in [-0.2, -0.15) is 5.10 Å². The topological polar surface area (TPSA) is 93.8 Å². The monoisotopic (exact) mass is 313 g/mol. The third-order valence-corrected chi connectivity index (χ3v) is 3.01. The Hall–Kier alpha value is -3.22. The molecule has 23 heavy (non-hydrogen) atoms. The van der Waals surface area contributed by atoms with Crippen molar-refractivity contribution in [2.45, 2.75) is 6.42 Å². The maximum atomic E-state index is 11.7. The fourth-order valence-corrected chi connectivity index (χ4v) is 1.93. The molecular weight excluding hydrogens is 298 g/mol. The van der Waals surface area contributed by atoms with Gasteiger partial charge in [0.2, 0.25) is 5.91 Å². The predicted molar refractivity (Wildman–Crippen MR) is 85.5 cm³/mol. The number of methoxy groups -OCH3 is 1.